The molecule has 0 unspecified atom stereocenters. The molecule has 1 heterocycles. The molecule has 1 aliphatic heterocycles. The lowest BCUT2D eigenvalue weighted by atomic mass is 10.00. The fourth-order valence-corrected chi connectivity index (χ4v) is 3.44. The molecule has 9 heteroatoms. The highest BCUT2D eigenvalue weighted by atomic mass is 19.4. The number of aliphatic imine (C=N–C) groups is 1. The fourth-order valence-electron chi connectivity index (χ4n) is 3.44. The van der Waals surface area contributed by atoms with Crippen molar-refractivity contribution in [1.29, 1.82) is 0 Å². The van der Waals surface area contributed by atoms with Crippen molar-refractivity contribution in [2.45, 2.75) is 32.6 Å². The lowest BCUT2D eigenvalue weighted by molar-refractivity contribution is -0.138. The molecule has 1 amide bonds. The van der Waals surface area contributed by atoms with Crippen LogP contribution in [0.5, 0.6) is 0 Å². The Morgan fingerprint density at radius 1 is 1.13 bits per heavy atom. The summed E-state index contributed by atoms with van der Waals surface area (Å²) in [6.45, 7) is 3.05. The number of nitrogens with zero attached hydrogens (tertiary/aromatic N) is 2. The lowest BCUT2D eigenvalue weighted by Crippen LogP contribution is -2.46. The average molecular weight is 436 g/mol. The van der Waals surface area contributed by atoms with Gasteiger partial charge in [-0.05, 0) is 42.2 Å². The number of halogens is 4. The first kappa shape index (κ1) is 22.6. The summed E-state index contributed by atoms with van der Waals surface area (Å²) in [7, 11) is 0. The Kier molecular flexibility index (Phi) is 7.14. The van der Waals surface area contributed by atoms with Crippen LogP contribution >= 0.6 is 0 Å². The third-order valence-corrected chi connectivity index (χ3v) is 5.02. The van der Waals surface area contributed by atoms with Gasteiger partial charge in [-0.15, -0.1) is 0 Å². The molecule has 0 atom stereocenters. The van der Waals surface area contributed by atoms with Crippen LogP contribution in [-0.4, -0.2) is 36.4 Å². The van der Waals surface area contributed by atoms with Crippen molar-refractivity contribution >= 4 is 11.9 Å². The Labute approximate surface area is 178 Å². The fraction of sp³-hybridized carbons (Fsp3) is 0.364. The van der Waals surface area contributed by atoms with Crippen molar-refractivity contribution in [3.63, 3.8) is 0 Å². The zero-order chi connectivity index (χ0) is 22.4. The molecule has 0 saturated carbocycles. The Hall–Kier alpha value is -3.10. The van der Waals surface area contributed by atoms with Gasteiger partial charge in [-0.3, -0.25) is 4.79 Å². The van der Waals surface area contributed by atoms with Crippen molar-refractivity contribution in [3.05, 3.63) is 70.5 Å². The van der Waals surface area contributed by atoms with Crippen LogP contribution in [0.1, 0.15) is 29.2 Å². The van der Waals surface area contributed by atoms with Crippen LogP contribution in [0, 0.1) is 5.82 Å². The summed E-state index contributed by atoms with van der Waals surface area (Å²) in [5.74, 6) is -0.873. The van der Waals surface area contributed by atoms with Crippen LogP contribution in [0.4, 0.5) is 17.6 Å². The van der Waals surface area contributed by atoms with Gasteiger partial charge in [-0.2, -0.15) is 13.2 Å². The highest BCUT2D eigenvalue weighted by molar-refractivity contribution is 5.86. The van der Waals surface area contributed by atoms with Gasteiger partial charge in [0.1, 0.15) is 5.82 Å². The van der Waals surface area contributed by atoms with E-state index in [9.17, 15) is 22.4 Å². The summed E-state index contributed by atoms with van der Waals surface area (Å²) in [5, 5.41) is 5.78. The van der Waals surface area contributed by atoms with E-state index in [0.29, 0.717) is 25.7 Å². The molecule has 3 rings (SSSR count). The summed E-state index contributed by atoms with van der Waals surface area (Å²) < 4.78 is 52.8. The molecule has 2 aromatic carbocycles. The Morgan fingerprint density at radius 2 is 1.87 bits per heavy atom. The number of nitrogens with one attached hydrogen (secondary N) is 2. The maximum absolute atomic E-state index is 13.3. The van der Waals surface area contributed by atoms with Crippen molar-refractivity contribution in [2.24, 2.45) is 4.99 Å². The van der Waals surface area contributed by atoms with E-state index in [-0.39, 0.29) is 30.5 Å². The van der Waals surface area contributed by atoms with Crippen molar-refractivity contribution in [2.75, 3.05) is 19.6 Å². The molecule has 166 valence electrons. The number of hydrogen-bond donors (Lipinski definition) is 2. The molecule has 31 heavy (non-hydrogen) atoms. The number of amides is 1. The number of hydrogen-bond acceptors (Lipinski definition) is 2. The van der Waals surface area contributed by atoms with E-state index in [4.69, 9.17) is 0 Å². The molecular formula is C22H24F4N4O. The summed E-state index contributed by atoms with van der Waals surface area (Å²) in [6.07, 6.45) is -3.90. The third-order valence-electron chi connectivity index (χ3n) is 5.02. The molecule has 0 saturated heterocycles. The molecule has 0 radical (unpaired) electrons. The largest absolute Gasteiger partial charge is 0.416 e. The number of fused-ring (bicyclic) bond motifs is 1. The lowest BCUT2D eigenvalue weighted by Gasteiger charge is -2.29. The van der Waals surface area contributed by atoms with Crippen molar-refractivity contribution < 1.29 is 22.4 Å². The van der Waals surface area contributed by atoms with Gasteiger partial charge in [0.05, 0.1) is 18.7 Å². The van der Waals surface area contributed by atoms with Crippen LogP contribution in [0.2, 0.25) is 0 Å². The smallest absolute Gasteiger partial charge is 0.357 e. The van der Waals surface area contributed by atoms with E-state index in [1.807, 2.05) is 18.2 Å². The molecule has 0 aliphatic carbocycles. The molecular weight excluding hydrogens is 412 g/mol. The van der Waals surface area contributed by atoms with E-state index in [0.717, 1.165) is 24.1 Å². The van der Waals surface area contributed by atoms with Crippen LogP contribution in [0.15, 0.2) is 47.5 Å². The second-order valence-corrected chi connectivity index (χ2v) is 7.18. The number of guanidine groups is 1. The molecule has 0 spiro atoms. The topological polar surface area (TPSA) is 56.7 Å². The maximum atomic E-state index is 13.3. The first-order valence-electron chi connectivity index (χ1n) is 10.00. The summed E-state index contributed by atoms with van der Waals surface area (Å²) in [5.41, 5.74) is 1.13. The van der Waals surface area contributed by atoms with E-state index >= 15 is 0 Å². The predicted molar refractivity (Wildman–Crippen MR) is 110 cm³/mol. The van der Waals surface area contributed by atoms with E-state index in [1.54, 1.807) is 11.8 Å². The van der Waals surface area contributed by atoms with Crippen LogP contribution in [0.3, 0.4) is 0 Å². The first-order valence-corrected chi connectivity index (χ1v) is 10.00. The second kappa shape index (κ2) is 9.80. The minimum Gasteiger partial charge on any atom is -0.357 e. The Balaban J connectivity index is 1.64. The Morgan fingerprint density at radius 3 is 2.58 bits per heavy atom. The minimum absolute atomic E-state index is 0.0381. The van der Waals surface area contributed by atoms with Crippen molar-refractivity contribution in [3.8, 4) is 0 Å². The number of carbonyl (C=O) groups is 1. The number of benzene rings is 2. The van der Waals surface area contributed by atoms with Crippen LogP contribution in [0.25, 0.3) is 0 Å². The second-order valence-electron chi connectivity index (χ2n) is 7.18. The standard InChI is InChI=1S/C22H24F4N4O/c1-2-27-21(28-12-16-7-8-18(23)11-19(16)22(24,25)26)29-13-20(31)30-10-9-15-5-3-4-6-17(15)14-30/h3-8,11H,2,9-10,12-14H2,1H3,(H2,27,28,29). The van der Waals surface area contributed by atoms with Gasteiger partial charge < -0.3 is 15.5 Å². The van der Waals surface area contributed by atoms with Gasteiger partial charge in [0.15, 0.2) is 5.96 Å². The summed E-state index contributed by atoms with van der Waals surface area (Å²) in [6, 6.07) is 10.5. The summed E-state index contributed by atoms with van der Waals surface area (Å²) >= 11 is 0. The quantitative estimate of drug-likeness (QED) is 0.429. The SMILES string of the molecule is CCNC(=NCc1ccc(F)cc1C(F)(F)F)NCC(=O)N1CCc2ccccc2C1. The molecule has 5 nitrogen and oxygen atoms in total. The summed E-state index contributed by atoms with van der Waals surface area (Å²) in [4.78, 5) is 18.5. The van der Waals surface area contributed by atoms with Crippen LogP contribution < -0.4 is 10.6 Å². The van der Waals surface area contributed by atoms with Gasteiger partial charge in [0.2, 0.25) is 5.91 Å². The minimum atomic E-state index is -4.68. The molecule has 1 aliphatic rings. The Bertz CT molecular complexity index is 959. The zero-order valence-corrected chi connectivity index (χ0v) is 17.1. The number of rotatable bonds is 5. The molecule has 2 aromatic rings. The van der Waals surface area contributed by atoms with Gasteiger partial charge in [0.25, 0.3) is 0 Å². The van der Waals surface area contributed by atoms with E-state index < -0.39 is 17.6 Å². The van der Waals surface area contributed by atoms with E-state index in [1.165, 1.54) is 5.56 Å². The van der Waals surface area contributed by atoms with Gasteiger partial charge in [0, 0.05) is 19.6 Å². The van der Waals surface area contributed by atoms with Crippen molar-refractivity contribution in [1.82, 2.24) is 15.5 Å². The average Bonchev–Trinajstić information content (AvgIpc) is 2.75. The van der Waals surface area contributed by atoms with E-state index in [2.05, 4.69) is 21.7 Å². The third kappa shape index (κ3) is 5.96. The molecule has 0 aromatic heterocycles. The molecule has 0 bridgehead atoms. The number of carbonyl (C=O) groups excluding carboxylic acids is 1. The highest BCUT2D eigenvalue weighted by Gasteiger charge is 2.33. The first-order chi connectivity index (χ1) is 14.8. The maximum Gasteiger partial charge on any atom is 0.416 e. The number of alkyl halides is 3. The van der Waals surface area contributed by atoms with Gasteiger partial charge in [-0.25, -0.2) is 9.38 Å². The molecule has 0 fully saturated rings. The van der Waals surface area contributed by atoms with Crippen LogP contribution in [-0.2, 0) is 30.5 Å². The predicted octanol–water partition coefficient (Wildman–Crippen LogP) is 3.48. The highest BCUT2D eigenvalue weighted by Crippen LogP contribution is 2.32. The van der Waals surface area contributed by atoms with Gasteiger partial charge in [-0.1, -0.05) is 30.3 Å². The normalized spacial score (nSPS) is 14.2. The monoisotopic (exact) mass is 436 g/mol. The zero-order valence-electron chi connectivity index (χ0n) is 17.1. The van der Waals surface area contributed by atoms with Gasteiger partial charge >= 0.3 is 6.18 Å². The molecule has 2 N–H and O–H groups in total.